The van der Waals surface area contributed by atoms with Gasteiger partial charge in [0.1, 0.15) is 4.49 Å². The third-order valence-electron chi connectivity index (χ3n) is 6.22. The summed E-state index contributed by atoms with van der Waals surface area (Å²) in [6, 6.07) is 7.69. The van der Waals surface area contributed by atoms with E-state index in [1.165, 1.54) is 0 Å². The van der Waals surface area contributed by atoms with Crippen LogP contribution in [0.3, 0.4) is 0 Å². The zero-order valence-corrected chi connectivity index (χ0v) is 19.6. The zero-order chi connectivity index (χ0) is 21.6. The average Bonchev–Trinajstić information content (AvgIpc) is 2.94. The number of anilines is 1. The van der Waals surface area contributed by atoms with Gasteiger partial charge in [0.15, 0.2) is 9.84 Å². The van der Waals surface area contributed by atoms with Crippen LogP contribution in [-0.4, -0.2) is 50.9 Å². The second-order valence-corrected chi connectivity index (χ2v) is 12.1. The Kier molecular flexibility index (Phi) is 6.29. The Bertz CT molecular complexity index is 906. The number of benzene rings is 1. The van der Waals surface area contributed by atoms with E-state index in [2.05, 4.69) is 0 Å². The monoisotopic (exact) mass is 458 g/mol. The van der Waals surface area contributed by atoms with E-state index >= 15 is 0 Å². The number of sulfone groups is 1. The summed E-state index contributed by atoms with van der Waals surface area (Å²) in [6.07, 6.45) is 2.20. The fourth-order valence-corrected chi connectivity index (χ4v) is 6.28. The van der Waals surface area contributed by atoms with Crippen LogP contribution in [0.4, 0.5) is 5.69 Å². The highest BCUT2D eigenvalue weighted by Gasteiger charge is 2.62. The minimum atomic E-state index is -3.11. The first kappa shape index (κ1) is 22.4. The Balaban J connectivity index is 1.86. The number of hydrogen-bond acceptors (Lipinski definition) is 4. The van der Waals surface area contributed by atoms with Crippen LogP contribution in [0, 0.1) is 17.3 Å². The summed E-state index contributed by atoms with van der Waals surface area (Å²) < 4.78 is 24.3. The summed E-state index contributed by atoms with van der Waals surface area (Å²) >= 11 is 11.7. The third kappa shape index (κ3) is 4.92. The highest BCUT2D eigenvalue weighted by atomic mass is 35.5. The summed E-state index contributed by atoms with van der Waals surface area (Å²) in [7, 11) is 0.837. The van der Waals surface area contributed by atoms with Crippen LogP contribution >= 0.6 is 23.2 Å². The lowest BCUT2D eigenvalue weighted by molar-refractivity contribution is -0.136. The summed E-state index contributed by atoms with van der Waals surface area (Å²) in [5.74, 6) is -0.162. The molecule has 0 aromatic heterocycles. The summed E-state index contributed by atoms with van der Waals surface area (Å²) in [5, 5.41) is 0. The Labute approximate surface area is 183 Å². The largest absolute Gasteiger partial charge is 0.378 e. The van der Waals surface area contributed by atoms with Crippen molar-refractivity contribution in [2.45, 2.75) is 32.9 Å². The number of rotatable bonds is 6. The van der Waals surface area contributed by atoms with Crippen LogP contribution in [0.5, 0.6) is 0 Å². The van der Waals surface area contributed by atoms with E-state index in [0.717, 1.165) is 11.3 Å². The van der Waals surface area contributed by atoms with Gasteiger partial charge in [-0.05, 0) is 41.5 Å². The molecule has 3 rings (SSSR count). The molecule has 0 bridgehead atoms. The van der Waals surface area contributed by atoms with Gasteiger partial charge in [-0.25, -0.2) is 8.42 Å². The smallest absolute Gasteiger partial charge is 0.227 e. The molecule has 2 aliphatic rings. The van der Waals surface area contributed by atoms with Crippen LogP contribution < -0.4 is 4.90 Å². The second-order valence-electron chi connectivity index (χ2n) is 8.87. The Morgan fingerprint density at radius 1 is 1.21 bits per heavy atom. The average molecular weight is 459 g/mol. The summed E-state index contributed by atoms with van der Waals surface area (Å²) in [5.41, 5.74) is 1.80. The fraction of sp³-hybridized carbons (Fsp3) is 0.571. The molecule has 0 N–H and O–H groups in total. The molecule has 1 aromatic rings. The second kappa shape index (κ2) is 8.12. The molecular formula is C21H28Cl2N2O3S. The number of carbonyl (C=O) groups excluding carboxylic acids is 1. The molecule has 1 aromatic carbocycles. The Hall–Kier alpha value is -1.24. The van der Waals surface area contributed by atoms with Crippen molar-refractivity contribution in [3.8, 4) is 0 Å². The molecule has 1 aliphatic heterocycles. The lowest BCUT2D eigenvalue weighted by Gasteiger charge is -2.29. The third-order valence-corrected chi connectivity index (χ3v) is 8.22. The Morgan fingerprint density at radius 2 is 1.83 bits per heavy atom. The molecule has 8 heteroatoms. The molecule has 1 saturated carbocycles. The molecule has 1 saturated heterocycles. The van der Waals surface area contributed by atoms with Crippen molar-refractivity contribution in [2.75, 3.05) is 30.5 Å². The lowest BCUT2D eigenvalue weighted by atomic mass is 10.1. The molecule has 2 fully saturated rings. The quantitative estimate of drug-likeness (QED) is 0.649. The highest BCUT2D eigenvalue weighted by molar-refractivity contribution is 7.91. The molecule has 0 radical (unpaired) electrons. The topological polar surface area (TPSA) is 57.7 Å². The number of nitrogens with zero attached hydrogens (tertiary/aromatic N) is 2. The van der Waals surface area contributed by atoms with Crippen LogP contribution in [0.25, 0.3) is 0 Å². The minimum absolute atomic E-state index is 0.0235. The SMILES string of the molecule is CN(C)c1ccc(CN(C(=O)[C@@H]2[C@@H](C=C(Cl)Cl)C2(C)C)[C@@H]2CCS(=O)(=O)C2)cc1. The van der Waals surface area contributed by atoms with Gasteiger partial charge in [0.25, 0.3) is 0 Å². The van der Waals surface area contributed by atoms with Crippen molar-refractivity contribution in [3.63, 3.8) is 0 Å². The predicted molar refractivity (Wildman–Crippen MR) is 119 cm³/mol. The molecule has 5 nitrogen and oxygen atoms in total. The predicted octanol–water partition coefficient (Wildman–Crippen LogP) is 3.86. The van der Waals surface area contributed by atoms with Crippen LogP contribution in [-0.2, 0) is 21.2 Å². The van der Waals surface area contributed by atoms with E-state index in [-0.39, 0.29) is 45.2 Å². The standard InChI is InChI=1S/C21H28Cl2N2O3S/c1-21(2)17(11-18(22)23)19(21)20(26)25(16-9-10-29(27,28)13-16)12-14-5-7-15(8-6-14)24(3)4/h5-8,11,16-17,19H,9-10,12-13H2,1-4H3/t16-,17-,19+/m1/s1. The molecule has 1 amide bonds. The van der Waals surface area contributed by atoms with Crippen LogP contribution in [0.1, 0.15) is 25.8 Å². The number of carbonyl (C=O) groups is 1. The molecule has 29 heavy (non-hydrogen) atoms. The number of hydrogen-bond donors (Lipinski definition) is 0. The normalized spacial score (nSPS) is 26.6. The van der Waals surface area contributed by atoms with Gasteiger partial charge < -0.3 is 9.80 Å². The fourth-order valence-electron chi connectivity index (χ4n) is 4.28. The molecule has 3 atom stereocenters. The van der Waals surface area contributed by atoms with E-state index < -0.39 is 9.84 Å². The zero-order valence-electron chi connectivity index (χ0n) is 17.2. The van der Waals surface area contributed by atoms with Gasteiger partial charge in [0.2, 0.25) is 5.91 Å². The summed E-state index contributed by atoms with van der Waals surface area (Å²) in [6.45, 7) is 4.43. The van der Waals surface area contributed by atoms with E-state index in [4.69, 9.17) is 23.2 Å². The molecule has 160 valence electrons. The van der Waals surface area contributed by atoms with E-state index in [1.54, 1.807) is 11.0 Å². The van der Waals surface area contributed by atoms with E-state index in [0.29, 0.717) is 13.0 Å². The number of allylic oxidation sites excluding steroid dienone is 1. The minimum Gasteiger partial charge on any atom is -0.378 e. The van der Waals surface area contributed by atoms with Gasteiger partial charge in [-0.2, -0.15) is 0 Å². The van der Waals surface area contributed by atoms with Gasteiger partial charge in [-0.3, -0.25) is 4.79 Å². The maximum absolute atomic E-state index is 13.5. The number of halogens is 2. The van der Waals surface area contributed by atoms with Crippen LogP contribution in [0.15, 0.2) is 34.8 Å². The van der Waals surface area contributed by atoms with Crippen molar-refractivity contribution in [2.24, 2.45) is 17.3 Å². The molecule has 1 aliphatic carbocycles. The molecular weight excluding hydrogens is 431 g/mol. The van der Waals surface area contributed by atoms with Gasteiger partial charge in [-0.15, -0.1) is 0 Å². The maximum atomic E-state index is 13.5. The Morgan fingerprint density at radius 3 is 2.31 bits per heavy atom. The first-order valence-electron chi connectivity index (χ1n) is 9.72. The van der Waals surface area contributed by atoms with Gasteiger partial charge in [0.05, 0.1) is 17.4 Å². The van der Waals surface area contributed by atoms with Crippen LogP contribution in [0.2, 0.25) is 0 Å². The first-order valence-corrected chi connectivity index (χ1v) is 12.3. The van der Waals surface area contributed by atoms with E-state index in [1.807, 2.05) is 57.1 Å². The molecule has 0 unspecified atom stereocenters. The van der Waals surface area contributed by atoms with Crippen molar-refractivity contribution in [3.05, 3.63) is 40.4 Å². The molecule has 1 heterocycles. The first-order chi connectivity index (χ1) is 13.4. The van der Waals surface area contributed by atoms with Crippen molar-refractivity contribution >= 4 is 44.6 Å². The maximum Gasteiger partial charge on any atom is 0.227 e. The van der Waals surface area contributed by atoms with Crippen molar-refractivity contribution in [1.82, 2.24) is 4.90 Å². The lowest BCUT2D eigenvalue weighted by Crippen LogP contribution is -2.42. The van der Waals surface area contributed by atoms with Gasteiger partial charge in [0, 0.05) is 32.4 Å². The van der Waals surface area contributed by atoms with Gasteiger partial charge in [-0.1, -0.05) is 49.2 Å². The van der Waals surface area contributed by atoms with Gasteiger partial charge >= 0.3 is 0 Å². The van der Waals surface area contributed by atoms with Crippen molar-refractivity contribution < 1.29 is 13.2 Å². The highest BCUT2D eigenvalue weighted by Crippen LogP contribution is 2.60. The molecule has 0 spiro atoms. The number of amides is 1. The van der Waals surface area contributed by atoms with Crippen molar-refractivity contribution in [1.29, 1.82) is 0 Å². The van der Waals surface area contributed by atoms with E-state index in [9.17, 15) is 13.2 Å². The summed E-state index contributed by atoms with van der Waals surface area (Å²) in [4.78, 5) is 17.3.